The van der Waals surface area contributed by atoms with Crippen LogP contribution in [0, 0.1) is 11.3 Å². The van der Waals surface area contributed by atoms with Gasteiger partial charge in [0.2, 0.25) is 11.8 Å². The van der Waals surface area contributed by atoms with Gasteiger partial charge in [-0.05, 0) is 12.1 Å². The molecule has 0 atom stereocenters. The van der Waals surface area contributed by atoms with Gasteiger partial charge >= 0.3 is 6.18 Å². The van der Waals surface area contributed by atoms with E-state index in [4.69, 9.17) is 9.47 Å². The predicted molar refractivity (Wildman–Crippen MR) is 98.2 cm³/mol. The van der Waals surface area contributed by atoms with Gasteiger partial charge in [0.25, 0.3) is 5.91 Å². The van der Waals surface area contributed by atoms with E-state index in [1.165, 1.54) is 14.2 Å². The molecule has 0 bridgehead atoms. The number of amides is 1. The van der Waals surface area contributed by atoms with Crippen LogP contribution in [-0.2, 0) is 6.18 Å². The summed E-state index contributed by atoms with van der Waals surface area (Å²) in [6.45, 7) is 0. The molecule has 1 amide bonds. The number of pyridine rings is 1. The number of aromatic nitrogens is 4. The number of carbonyl (C=O) groups is 1. The Morgan fingerprint density at radius 3 is 2.33 bits per heavy atom. The van der Waals surface area contributed by atoms with Crippen molar-refractivity contribution < 1.29 is 27.4 Å². The van der Waals surface area contributed by atoms with Crippen molar-refractivity contribution in [1.29, 1.82) is 5.26 Å². The molecule has 154 valence electrons. The third-order valence-electron chi connectivity index (χ3n) is 3.67. The molecule has 0 aliphatic heterocycles. The number of nitriles is 1. The van der Waals surface area contributed by atoms with Crippen LogP contribution < -0.4 is 14.8 Å². The molecule has 0 saturated heterocycles. The van der Waals surface area contributed by atoms with E-state index in [9.17, 15) is 23.2 Å². The molecule has 0 unspecified atom stereocenters. The van der Waals surface area contributed by atoms with Crippen LogP contribution in [0.15, 0.2) is 24.7 Å². The number of methoxy groups -OCH3 is 2. The van der Waals surface area contributed by atoms with E-state index >= 15 is 0 Å². The highest BCUT2D eigenvalue weighted by molar-refractivity contribution is 7.16. The molecule has 0 saturated carbocycles. The van der Waals surface area contributed by atoms with Crippen molar-refractivity contribution in [1.82, 2.24) is 19.9 Å². The minimum atomic E-state index is -4.54. The molecule has 13 heteroatoms. The van der Waals surface area contributed by atoms with Gasteiger partial charge in [0.15, 0.2) is 10.7 Å². The Balaban J connectivity index is 1.93. The number of hydrogen-bond acceptors (Lipinski definition) is 9. The maximum atomic E-state index is 12.7. The van der Waals surface area contributed by atoms with E-state index in [0.717, 1.165) is 29.8 Å². The van der Waals surface area contributed by atoms with Gasteiger partial charge in [0, 0.05) is 6.20 Å². The first-order valence-corrected chi connectivity index (χ1v) is 8.79. The third-order valence-corrected chi connectivity index (χ3v) is 4.55. The second kappa shape index (κ2) is 8.29. The van der Waals surface area contributed by atoms with Crippen LogP contribution in [0.4, 0.5) is 18.3 Å². The number of nitrogens with zero attached hydrogens (tertiary/aromatic N) is 5. The monoisotopic (exact) mass is 436 g/mol. The van der Waals surface area contributed by atoms with Crippen LogP contribution in [-0.4, -0.2) is 40.1 Å². The SMILES string of the molecule is COc1ncnc(OC)c1C(=O)Nc1nc(-c2ccc(C(F)(F)F)cn2)c(C#N)s1. The van der Waals surface area contributed by atoms with Crippen LogP contribution >= 0.6 is 11.3 Å². The van der Waals surface area contributed by atoms with Gasteiger partial charge in [0.1, 0.15) is 23.0 Å². The molecular formula is C17H11F3N6O3S. The molecule has 3 aromatic rings. The fourth-order valence-electron chi connectivity index (χ4n) is 2.34. The first kappa shape index (κ1) is 20.9. The summed E-state index contributed by atoms with van der Waals surface area (Å²) in [5, 5.41) is 11.8. The summed E-state index contributed by atoms with van der Waals surface area (Å²) in [5.74, 6) is -0.795. The standard InChI is InChI=1S/C17H11F3N6O3S/c1-28-14-11(15(29-2)24-7-23-14)13(27)26-16-25-12(10(5-21)30-16)9-4-3-8(6-22-9)17(18,19)20/h3-4,6-7H,1-2H3,(H,25,26,27). The van der Waals surface area contributed by atoms with Crippen molar-refractivity contribution in [2.45, 2.75) is 6.18 Å². The molecule has 0 aliphatic carbocycles. The molecule has 1 N–H and O–H groups in total. The van der Waals surface area contributed by atoms with Crippen molar-refractivity contribution in [3.05, 3.63) is 40.7 Å². The lowest BCUT2D eigenvalue weighted by molar-refractivity contribution is -0.137. The fraction of sp³-hybridized carbons (Fsp3) is 0.176. The van der Waals surface area contributed by atoms with Crippen LogP contribution in [0.3, 0.4) is 0 Å². The lowest BCUT2D eigenvalue weighted by Gasteiger charge is -2.09. The van der Waals surface area contributed by atoms with E-state index in [2.05, 4.69) is 25.3 Å². The second-order valence-corrected chi connectivity index (χ2v) is 6.46. The zero-order valence-corrected chi connectivity index (χ0v) is 16.1. The average molecular weight is 436 g/mol. The highest BCUT2D eigenvalue weighted by atomic mass is 32.1. The largest absolute Gasteiger partial charge is 0.480 e. The first-order valence-electron chi connectivity index (χ1n) is 7.97. The van der Waals surface area contributed by atoms with Crippen molar-refractivity contribution in [3.8, 4) is 29.2 Å². The zero-order valence-electron chi connectivity index (χ0n) is 15.3. The van der Waals surface area contributed by atoms with Crippen LogP contribution in [0.1, 0.15) is 20.8 Å². The zero-order chi connectivity index (χ0) is 21.9. The number of alkyl halides is 3. The number of rotatable bonds is 5. The molecule has 30 heavy (non-hydrogen) atoms. The minimum Gasteiger partial charge on any atom is -0.480 e. The summed E-state index contributed by atoms with van der Waals surface area (Å²) in [6.07, 6.45) is -2.74. The smallest absolute Gasteiger partial charge is 0.417 e. The first-order chi connectivity index (χ1) is 14.3. The average Bonchev–Trinajstić information content (AvgIpc) is 3.15. The summed E-state index contributed by atoms with van der Waals surface area (Å²) < 4.78 is 48.2. The predicted octanol–water partition coefficient (Wildman–Crippen LogP) is 3.16. The van der Waals surface area contributed by atoms with Gasteiger partial charge in [-0.3, -0.25) is 15.1 Å². The number of hydrogen-bond donors (Lipinski definition) is 1. The fourth-order valence-corrected chi connectivity index (χ4v) is 3.11. The van der Waals surface area contributed by atoms with Gasteiger partial charge in [-0.2, -0.15) is 18.4 Å². The number of halogens is 3. The van der Waals surface area contributed by atoms with Gasteiger partial charge < -0.3 is 9.47 Å². The number of carbonyl (C=O) groups excluding carboxylic acids is 1. The van der Waals surface area contributed by atoms with E-state index < -0.39 is 17.6 Å². The Morgan fingerprint density at radius 1 is 1.17 bits per heavy atom. The molecule has 0 aromatic carbocycles. The molecule has 0 spiro atoms. The normalized spacial score (nSPS) is 10.9. The third kappa shape index (κ3) is 4.13. The van der Waals surface area contributed by atoms with Crippen molar-refractivity contribution >= 4 is 22.4 Å². The van der Waals surface area contributed by atoms with Gasteiger partial charge in [-0.1, -0.05) is 11.3 Å². The van der Waals surface area contributed by atoms with Crippen LogP contribution in [0.5, 0.6) is 11.8 Å². The summed E-state index contributed by atoms with van der Waals surface area (Å²) >= 11 is 0.825. The molecule has 0 radical (unpaired) electrons. The van der Waals surface area contributed by atoms with Crippen LogP contribution in [0.25, 0.3) is 11.4 Å². The van der Waals surface area contributed by atoms with E-state index in [0.29, 0.717) is 6.20 Å². The van der Waals surface area contributed by atoms with E-state index in [1.54, 1.807) is 0 Å². The van der Waals surface area contributed by atoms with Gasteiger partial charge in [-0.15, -0.1) is 0 Å². The van der Waals surface area contributed by atoms with E-state index in [-0.39, 0.29) is 38.7 Å². The molecule has 9 nitrogen and oxygen atoms in total. The van der Waals surface area contributed by atoms with Crippen molar-refractivity contribution in [2.24, 2.45) is 0 Å². The lowest BCUT2D eigenvalue weighted by atomic mass is 10.2. The number of thiazole rings is 1. The highest BCUT2D eigenvalue weighted by Crippen LogP contribution is 2.33. The lowest BCUT2D eigenvalue weighted by Crippen LogP contribution is -2.16. The quantitative estimate of drug-likeness (QED) is 0.647. The van der Waals surface area contributed by atoms with E-state index in [1.807, 2.05) is 6.07 Å². The maximum Gasteiger partial charge on any atom is 0.417 e. The Bertz CT molecular complexity index is 1100. The topological polar surface area (TPSA) is 123 Å². The van der Waals surface area contributed by atoms with Crippen molar-refractivity contribution in [3.63, 3.8) is 0 Å². The highest BCUT2D eigenvalue weighted by Gasteiger charge is 2.31. The summed E-state index contributed by atoms with van der Waals surface area (Å²) in [4.78, 5) is 28.2. The Hall–Kier alpha value is -3.79. The Labute approximate surface area is 171 Å². The Kier molecular flexibility index (Phi) is 5.79. The van der Waals surface area contributed by atoms with Gasteiger partial charge in [0.05, 0.1) is 25.5 Å². The summed E-state index contributed by atoms with van der Waals surface area (Å²) in [6, 6.07) is 3.82. The number of nitrogens with one attached hydrogen (secondary N) is 1. The molecule has 0 aliphatic rings. The molecule has 3 rings (SSSR count). The molecule has 3 aromatic heterocycles. The van der Waals surface area contributed by atoms with Crippen LogP contribution in [0.2, 0.25) is 0 Å². The van der Waals surface area contributed by atoms with Crippen molar-refractivity contribution in [2.75, 3.05) is 19.5 Å². The maximum absolute atomic E-state index is 12.7. The number of ether oxygens (including phenoxy) is 2. The number of anilines is 1. The minimum absolute atomic E-state index is 0.0150. The molecule has 0 fully saturated rings. The molecule has 3 heterocycles. The summed E-state index contributed by atoms with van der Waals surface area (Å²) in [5.41, 5.74) is -0.938. The molecular weight excluding hydrogens is 425 g/mol. The Morgan fingerprint density at radius 2 is 1.83 bits per heavy atom. The second-order valence-electron chi connectivity index (χ2n) is 5.46. The van der Waals surface area contributed by atoms with Gasteiger partial charge in [-0.25, -0.2) is 15.0 Å². The summed E-state index contributed by atoms with van der Waals surface area (Å²) in [7, 11) is 2.62.